The Morgan fingerprint density at radius 2 is 1.88 bits per heavy atom. The Morgan fingerprint density at radius 3 is 2.52 bits per heavy atom. The zero-order valence-corrected chi connectivity index (χ0v) is 15.8. The predicted octanol–water partition coefficient (Wildman–Crippen LogP) is 0.830. The standard InChI is InChI=1S/C16H28N6O2.ClH/c1-21(2)15(23)12-22-11-14(19-20-22)16(24)18-10-9-17-13-7-5-3-4-6-8-13;/h11,13,17H,3-10,12H2,1-2H3,(H,18,24);1H. The van der Waals surface area contributed by atoms with E-state index in [0.717, 1.165) is 6.54 Å². The molecule has 1 aliphatic rings. The lowest BCUT2D eigenvalue weighted by atomic mass is 10.1. The van der Waals surface area contributed by atoms with Crippen LogP contribution in [0.15, 0.2) is 6.20 Å². The van der Waals surface area contributed by atoms with Crippen LogP contribution in [0.5, 0.6) is 0 Å². The second-order valence-electron chi connectivity index (χ2n) is 6.49. The first-order valence-electron chi connectivity index (χ1n) is 8.68. The summed E-state index contributed by atoms with van der Waals surface area (Å²) in [5.41, 5.74) is 0.232. The van der Waals surface area contributed by atoms with E-state index in [0.29, 0.717) is 12.6 Å². The van der Waals surface area contributed by atoms with Crippen molar-refractivity contribution in [3.63, 3.8) is 0 Å². The van der Waals surface area contributed by atoms with Crippen LogP contribution in [0, 0.1) is 0 Å². The minimum Gasteiger partial charge on any atom is -0.349 e. The van der Waals surface area contributed by atoms with Crippen LogP contribution in [0.1, 0.15) is 49.0 Å². The Kier molecular flexibility index (Phi) is 9.44. The number of hydrogen-bond donors (Lipinski definition) is 2. The third-order valence-electron chi connectivity index (χ3n) is 4.27. The summed E-state index contributed by atoms with van der Waals surface area (Å²) in [7, 11) is 3.35. The molecule has 0 unspecified atom stereocenters. The van der Waals surface area contributed by atoms with E-state index in [1.54, 1.807) is 14.1 Å². The van der Waals surface area contributed by atoms with E-state index in [1.807, 2.05) is 0 Å². The van der Waals surface area contributed by atoms with E-state index in [9.17, 15) is 9.59 Å². The van der Waals surface area contributed by atoms with E-state index in [-0.39, 0.29) is 36.5 Å². The van der Waals surface area contributed by atoms with Gasteiger partial charge in [0.1, 0.15) is 6.54 Å². The van der Waals surface area contributed by atoms with Gasteiger partial charge in [-0.15, -0.1) is 17.5 Å². The molecule has 1 aromatic heterocycles. The molecule has 1 heterocycles. The van der Waals surface area contributed by atoms with Crippen molar-refractivity contribution in [2.45, 2.75) is 51.1 Å². The van der Waals surface area contributed by atoms with Crippen LogP contribution in [0.3, 0.4) is 0 Å². The number of carbonyl (C=O) groups excluding carboxylic acids is 2. The van der Waals surface area contributed by atoms with Crippen LogP contribution in [0.2, 0.25) is 0 Å². The lowest BCUT2D eigenvalue weighted by molar-refractivity contribution is -0.129. The maximum atomic E-state index is 12.0. The number of nitrogens with zero attached hydrogens (tertiary/aromatic N) is 4. The summed E-state index contributed by atoms with van der Waals surface area (Å²) in [5, 5.41) is 14.0. The normalized spacial score (nSPS) is 15.1. The second kappa shape index (κ2) is 11.0. The topological polar surface area (TPSA) is 92.2 Å². The number of amides is 2. The second-order valence-corrected chi connectivity index (χ2v) is 6.49. The Hall–Kier alpha value is -1.67. The zero-order valence-electron chi connectivity index (χ0n) is 15.0. The summed E-state index contributed by atoms with van der Waals surface area (Å²) in [6.45, 7) is 1.39. The van der Waals surface area contributed by atoms with Gasteiger partial charge in [-0.1, -0.05) is 30.9 Å². The SMILES string of the molecule is CN(C)C(=O)Cn1cc(C(=O)NCCNC2CCCCCC2)nn1.Cl. The molecule has 1 saturated carbocycles. The fourth-order valence-electron chi connectivity index (χ4n) is 2.79. The fourth-order valence-corrected chi connectivity index (χ4v) is 2.79. The van der Waals surface area contributed by atoms with Gasteiger partial charge in [0.25, 0.3) is 5.91 Å². The van der Waals surface area contributed by atoms with E-state index in [1.165, 1.54) is 54.3 Å². The molecule has 0 radical (unpaired) electrons. The van der Waals surface area contributed by atoms with Gasteiger partial charge in [-0.2, -0.15) is 0 Å². The first-order valence-corrected chi connectivity index (χ1v) is 8.68. The number of carbonyl (C=O) groups is 2. The van der Waals surface area contributed by atoms with Gasteiger partial charge in [0.2, 0.25) is 5.91 Å². The van der Waals surface area contributed by atoms with Gasteiger partial charge in [-0.3, -0.25) is 9.59 Å². The van der Waals surface area contributed by atoms with Gasteiger partial charge in [0, 0.05) is 33.2 Å². The van der Waals surface area contributed by atoms with Crippen LogP contribution in [-0.4, -0.2) is 64.9 Å². The summed E-state index contributed by atoms with van der Waals surface area (Å²) in [6.07, 6.45) is 9.19. The highest BCUT2D eigenvalue weighted by atomic mass is 35.5. The molecule has 2 amide bonds. The molecule has 142 valence electrons. The molecule has 0 aliphatic heterocycles. The molecule has 1 fully saturated rings. The molecule has 0 aromatic carbocycles. The molecule has 0 bridgehead atoms. The first-order chi connectivity index (χ1) is 11.6. The van der Waals surface area contributed by atoms with Crippen molar-refractivity contribution >= 4 is 24.2 Å². The number of aromatic nitrogens is 3. The van der Waals surface area contributed by atoms with E-state index in [4.69, 9.17) is 0 Å². The Balaban J connectivity index is 0.00000312. The van der Waals surface area contributed by atoms with Crippen LogP contribution in [0.25, 0.3) is 0 Å². The number of nitrogens with one attached hydrogen (secondary N) is 2. The molecule has 1 aromatic rings. The van der Waals surface area contributed by atoms with Gasteiger partial charge in [0.15, 0.2) is 5.69 Å². The molecule has 0 spiro atoms. The highest BCUT2D eigenvalue weighted by Crippen LogP contribution is 2.16. The lowest BCUT2D eigenvalue weighted by Crippen LogP contribution is -2.37. The predicted molar refractivity (Wildman–Crippen MR) is 97.8 cm³/mol. The molecule has 0 atom stereocenters. The summed E-state index contributed by atoms with van der Waals surface area (Å²) >= 11 is 0. The van der Waals surface area contributed by atoms with Gasteiger partial charge in [-0.25, -0.2) is 4.68 Å². The van der Waals surface area contributed by atoms with Crippen molar-refractivity contribution in [2.24, 2.45) is 0 Å². The number of hydrogen-bond acceptors (Lipinski definition) is 5. The maximum absolute atomic E-state index is 12.0. The molecular weight excluding hydrogens is 344 g/mol. The van der Waals surface area contributed by atoms with Crippen molar-refractivity contribution in [2.75, 3.05) is 27.2 Å². The molecule has 25 heavy (non-hydrogen) atoms. The third-order valence-corrected chi connectivity index (χ3v) is 4.27. The van der Waals surface area contributed by atoms with Crippen molar-refractivity contribution in [3.05, 3.63) is 11.9 Å². The highest BCUT2D eigenvalue weighted by molar-refractivity contribution is 5.91. The first kappa shape index (κ1) is 21.4. The van der Waals surface area contributed by atoms with Gasteiger partial charge in [-0.05, 0) is 12.8 Å². The van der Waals surface area contributed by atoms with Crippen molar-refractivity contribution < 1.29 is 9.59 Å². The molecule has 0 saturated heterocycles. The summed E-state index contributed by atoms with van der Waals surface area (Å²) < 4.78 is 1.38. The minimum atomic E-state index is -0.263. The zero-order chi connectivity index (χ0) is 17.4. The minimum absolute atomic E-state index is 0. The number of rotatable bonds is 7. The molecule has 2 N–H and O–H groups in total. The van der Waals surface area contributed by atoms with Crippen LogP contribution >= 0.6 is 12.4 Å². The fraction of sp³-hybridized carbons (Fsp3) is 0.750. The monoisotopic (exact) mass is 372 g/mol. The van der Waals surface area contributed by atoms with Gasteiger partial charge < -0.3 is 15.5 Å². The smallest absolute Gasteiger partial charge is 0.273 e. The van der Waals surface area contributed by atoms with Crippen LogP contribution in [-0.2, 0) is 11.3 Å². The van der Waals surface area contributed by atoms with Gasteiger partial charge in [0.05, 0.1) is 6.20 Å². The van der Waals surface area contributed by atoms with E-state index in [2.05, 4.69) is 20.9 Å². The van der Waals surface area contributed by atoms with Gasteiger partial charge >= 0.3 is 0 Å². The summed E-state index contributed by atoms with van der Waals surface area (Å²) in [6, 6.07) is 0.572. The molecule has 2 rings (SSSR count). The van der Waals surface area contributed by atoms with Crippen molar-refractivity contribution in [1.82, 2.24) is 30.5 Å². The van der Waals surface area contributed by atoms with Crippen LogP contribution in [0.4, 0.5) is 0 Å². The van der Waals surface area contributed by atoms with E-state index >= 15 is 0 Å². The largest absolute Gasteiger partial charge is 0.349 e. The molecule has 9 heteroatoms. The molecule has 8 nitrogen and oxygen atoms in total. The van der Waals surface area contributed by atoms with Crippen LogP contribution < -0.4 is 10.6 Å². The Morgan fingerprint density at radius 1 is 1.20 bits per heavy atom. The average Bonchev–Trinajstić information content (AvgIpc) is 2.86. The van der Waals surface area contributed by atoms with E-state index < -0.39 is 0 Å². The lowest BCUT2D eigenvalue weighted by Gasteiger charge is -2.16. The van der Waals surface area contributed by atoms with Crippen molar-refractivity contribution in [1.29, 1.82) is 0 Å². The Bertz CT molecular complexity index is 540. The highest BCUT2D eigenvalue weighted by Gasteiger charge is 2.14. The average molecular weight is 373 g/mol. The van der Waals surface area contributed by atoms with Crippen molar-refractivity contribution in [3.8, 4) is 0 Å². The number of likely N-dealkylation sites (N-methyl/N-ethyl adjacent to an activating group) is 1. The molecular formula is C16H29ClN6O2. The Labute approximate surface area is 155 Å². The molecule has 1 aliphatic carbocycles. The maximum Gasteiger partial charge on any atom is 0.273 e. The quantitative estimate of drug-likeness (QED) is 0.546. The summed E-state index contributed by atoms with van der Waals surface area (Å²) in [4.78, 5) is 25.1. The third kappa shape index (κ3) is 7.39. The number of halogens is 1. The summed E-state index contributed by atoms with van der Waals surface area (Å²) in [5.74, 6) is -0.360.